The number of alkyl halides is 2. The molecule has 178 valence electrons. The van der Waals surface area contributed by atoms with Crippen molar-refractivity contribution in [2.75, 3.05) is 6.61 Å². The Balaban J connectivity index is 1.53. The first-order valence-corrected chi connectivity index (χ1v) is 12.1. The van der Waals surface area contributed by atoms with E-state index in [2.05, 4.69) is 18.2 Å². The lowest BCUT2D eigenvalue weighted by Crippen LogP contribution is -2.22. The van der Waals surface area contributed by atoms with Gasteiger partial charge in [-0.2, -0.15) is 8.78 Å². The number of ether oxygens (including phenoxy) is 1. The molecule has 0 atom stereocenters. The van der Waals surface area contributed by atoms with E-state index < -0.39 is 17.5 Å². The molecule has 1 nitrogen and oxygen atoms in total. The molecule has 4 heteroatoms. The van der Waals surface area contributed by atoms with Gasteiger partial charge in [-0.15, -0.1) is 0 Å². The molecule has 0 N–H and O–H groups in total. The van der Waals surface area contributed by atoms with Crippen LogP contribution in [0.2, 0.25) is 0 Å². The lowest BCUT2D eigenvalue weighted by Gasteiger charge is -2.27. The van der Waals surface area contributed by atoms with E-state index in [9.17, 15) is 13.2 Å². The average molecular weight is 457 g/mol. The summed E-state index contributed by atoms with van der Waals surface area (Å²) in [7, 11) is 0. The number of allylic oxidation sites excluding steroid dienone is 4. The third kappa shape index (κ3) is 7.33. The fourth-order valence-electron chi connectivity index (χ4n) is 4.60. The van der Waals surface area contributed by atoms with Gasteiger partial charge in [0.25, 0.3) is 0 Å². The minimum atomic E-state index is -3.65. The molecule has 2 aromatic rings. The second-order valence-electron chi connectivity index (χ2n) is 8.92. The molecule has 0 amide bonds. The summed E-state index contributed by atoms with van der Waals surface area (Å²) in [5, 5.41) is 0. The van der Waals surface area contributed by atoms with Crippen molar-refractivity contribution < 1.29 is 17.9 Å². The van der Waals surface area contributed by atoms with Gasteiger partial charge in [-0.05, 0) is 99.5 Å². The second-order valence-corrected chi connectivity index (χ2v) is 8.92. The van der Waals surface area contributed by atoms with Gasteiger partial charge in [-0.1, -0.05) is 54.6 Å². The lowest BCUT2D eigenvalue weighted by atomic mass is 9.78. The Labute approximate surface area is 196 Å². The fourth-order valence-corrected chi connectivity index (χ4v) is 4.60. The van der Waals surface area contributed by atoms with E-state index in [1.807, 2.05) is 44.2 Å². The third-order valence-electron chi connectivity index (χ3n) is 6.55. The summed E-state index contributed by atoms with van der Waals surface area (Å²) in [6.45, 7) is 3.84. The molecule has 0 aromatic heterocycles. The Kier molecular flexibility index (Phi) is 9.37. The van der Waals surface area contributed by atoms with Gasteiger partial charge < -0.3 is 4.74 Å². The molecule has 33 heavy (non-hydrogen) atoms. The average Bonchev–Trinajstić information content (AvgIpc) is 2.81. The molecule has 0 radical (unpaired) electrons. The maximum Gasteiger partial charge on any atom is 0.386 e. The highest BCUT2D eigenvalue weighted by molar-refractivity contribution is 5.29. The van der Waals surface area contributed by atoms with Crippen LogP contribution in [-0.4, -0.2) is 6.61 Å². The van der Waals surface area contributed by atoms with E-state index in [1.165, 1.54) is 17.7 Å². The fraction of sp³-hybridized carbons (Fsp3) is 0.448. The molecule has 3 rings (SSSR count). The van der Waals surface area contributed by atoms with Gasteiger partial charge >= 0.3 is 6.11 Å². The maximum absolute atomic E-state index is 14.6. The van der Waals surface area contributed by atoms with E-state index in [-0.39, 0.29) is 12.5 Å². The number of halogens is 3. The highest BCUT2D eigenvalue weighted by atomic mass is 19.3. The Hall–Kier alpha value is -2.33. The molecular formula is C29H35F3O. The zero-order chi connectivity index (χ0) is 23.7. The van der Waals surface area contributed by atoms with Crippen LogP contribution in [0.4, 0.5) is 13.2 Å². The van der Waals surface area contributed by atoms with Crippen molar-refractivity contribution in [3.63, 3.8) is 0 Å². The Morgan fingerprint density at radius 3 is 2.18 bits per heavy atom. The predicted molar refractivity (Wildman–Crippen MR) is 129 cm³/mol. The van der Waals surface area contributed by atoms with E-state index in [0.29, 0.717) is 12.3 Å². The summed E-state index contributed by atoms with van der Waals surface area (Å²) in [6, 6.07) is 12.0. The SMILES string of the molecule is C/C=C/CCc1ccc(CCOC(F)(F)c2ccc([C@H]3CC[C@H](/C=C/C)CC3)cc2F)cc1. The Morgan fingerprint density at radius 1 is 0.909 bits per heavy atom. The number of hydrogen-bond donors (Lipinski definition) is 0. The van der Waals surface area contributed by atoms with Crippen LogP contribution in [0.3, 0.4) is 0 Å². The summed E-state index contributed by atoms with van der Waals surface area (Å²) in [4.78, 5) is 0. The van der Waals surface area contributed by atoms with E-state index >= 15 is 0 Å². The molecule has 0 spiro atoms. The van der Waals surface area contributed by atoms with Crippen LogP contribution in [-0.2, 0) is 23.7 Å². The van der Waals surface area contributed by atoms with Crippen molar-refractivity contribution in [2.24, 2.45) is 5.92 Å². The van der Waals surface area contributed by atoms with Crippen LogP contribution in [0.1, 0.15) is 74.1 Å². The van der Waals surface area contributed by atoms with Crippen molar-refractivity contribution >= 4 is 0 Å². The van der Waals surface area contributed by atoms with Crippen molar-refractivity contribution in [3.05, 3.63) is 94.8 Å². The molecule has 0 bridgehead atoms. The summed E-state index contributed by atoms with van der Waals surface area (Å²) in [6.07, 6.45) is 11.1. The Morgan fingerprint density at radius 2 is 1.58 bits per heavy atom. The molecule has 0 aliphatic heterocycles. The largest absolute Gasteiger partial charge is 0.386 e. The number of benzene rings is 2. The van der Waals surface area contributed by atoms with Gasteiger partial charge in [0.15, 0.2) is 0 Å². The normalized spacial score (nSPS) is 19.5. The predicted octanol–water partition coefficient (Wildman–Crippen LogP) is 8.49. The minimum Gasteiger partial charge on any atom is -0.316 e. The molecule has 0 unspecified atom stereocenters. The minimum absolute atomic E-state index is 0.179. The Bertz CT molecular complexity index is 922. The van der Waals surface area contributed by atoms with Crippen LogP contribution >= 0.6 is 0 Å². The van der Waals surface area contributed by atoms with Crippen molar-refractivity contribution in [3.8, 4) is 0 Å². The topological polar surface area (TPSA) is 9.23 Å². The van der Waals surface area contributed by atoms with Gasteiger partial charge in [0, 0.05) is 0 Å². The third-order valence-corrected chi connectivity index (χ3v) is 6.55. The molecule has 2 aromatic carbocycles. The molecule has 1 fully saturated rings. The first-order chi connectivity index (χ1) is 15.9. The molecule has 1 aliphatic carbocycles. The summed E-state index contributed by atoms with van der Waals surface area (Å²) in [5.74, 6) is -0.0911. The lowest BCUT2D eigenvalue weighted by molar-refractivity contribution is -0.249. The number of aryl methyl sites for hydroxylation is 1. The second kappa shape index (κ2) is 12.2. The quantitative estimate of drug-likeness (QED) is 0.326. The smallest absolute Gasteiger partial charge is 0.316 e. The zero-order valence-electron chi connectivity index (χ0n) is 19.7. The summed E-state index contributed by atoms with van der Waals surface area (Å²) >= 11 is 0. The van der Waals surface area contributed by atoms with Gasteiger partial charge in [0.1, 0.15) is 5.82 Å². The summed E-state index contributed by atoms with van der Waals surface area (Å²) < 4.78 is 48.7. The molecule has 0 heterocycles. The van der Waals surface area contributed by atoms with E-state index in [4.69, 9.17) is 4.74 Å². The van der Waals surface area contributed by atoms with Crippen LogP contribution in [0.15, 0.2) is 66.8 Å². The van der Waals surface area contributed by atoms with Crippen molar-refractivity contribution in [2.45, 2.75) is 70.8 Å². The monoisotopic (exact) mass is 456 g/mol. The van der Waals surface area contributed by atoms with Crippen molar-refractivity contribution in [1.29, 1.82) is 0 Å². The number of rotatable bonds is 10. The molecule has 1 aliphatic rings. The van der Waals surface area contributed by atoms with Crippen molar-refractivity contribution in [1.82, 2.24) is 0 Å². The van der Waals surface area contributed by atoms with Gasteiger partial charge in [0.05, 0.1) is 12.2 Å². The first kappa shape index (κ1) is 25.3. The van der Waals surface area contributed by atoms with E-state index in [0.717, 1.165) is 49.7 Å². The highest BCUT2D eigenvalue weighted by Gasteiger charge is 2.36. The van der Waals surface area contributed by atoms with Gasteiger partial charge in [-0.25, -0.2) is 4.39 Å². The molecular weight excluding hydrogens is 421 g/mol. The molecule has 1 saturated carbocycles. The maximum atomic E-state index is 14.6. The van der Waals surface area contributed by atoms with Gasteiger partial charge in [-0.3, -0.25) is 0 Å². The van der Waals surface area contributed by atoms with Crippen LogP contribution in [0.5, 0.6) is 0 Å². The van der Waals surface area contributed by atoms with Crippen LogP contribution < -0.4 is 0 Å². The van der Waals surface area contributed by atoms with Crippen LogP contribution in [0, 0.1) is 11.7 Å². The van der Waals surface area contributed by atoms with Gasteiger partial charge in [0.2, 0.25) is 0 Å². The molecule has 0 saturated heterocycles. The highest BCUT2D eigenvalue weighted by Crippen LogP contribution is 2.38. The zero-order valence-corrected chi connectivity index (χ0v) is 19.7. The standard InChI is InChI=1S/C29H35F3O/c1-3-5-6-8-23-9-11-24(12-10-23)19-20-33-29(31,32)27-18-17-26(21-28(27)30)25-15-13-22(7-4-2)14-16-25/h3-5,7,9-12,17-18,21-22,25H,6,8,13-16,19-20H2,1-2H3/b5-3+,7-4+/t22-,25-. The summed E-state index contributed by atoms with van der Waals surface area (Å²) in [5.41, 5.74) is 2.25. The van der Waals surface area contributed by atoms with E-state index in [1.54, 1.807) is 6.07 Å². The first-order valence-electron chi connectivity index (χ1n) is 12.1. The van der Waals surface area contributed by atoms with Crippen LogP contribution in [0.25, 0.3) is 0 Å². The number of hydrogen-bond acceptors (Lipinski definition) is 1.